The lowest BCUT2D eigenvalue weighted by atomic mass is 10.1. The van der Waals surface area contributed by atoms with E-state index in [-0.39, 0.29) is 11.5 Å². The van der Waals surface area contributed by atoms with Gasteiger partial charge in [-0.1, -0.05) is 24.3 Å². The van der Waals surface area contributed by atoms with Crippen molar-refractivity contribution in [3.05, 3.63) is 65.6 Å². The van der Waals surface area contributed by atoms with E-state index < -0.39 is 5.82 Å². The van der Waals surface area contributed by atoms with Crippen LogP contribution in [0.25, 0.3) is 11.0 Å². The molecule has 0 spiro atoms. The Morgan fingerprint density at radius 2 is 1.54 bits per heavy atom. The second-order valence-corrected chi connectivity index (χ2v) is 6.38. The van der Waals surface area contributed by atoms with E-state index in [1.807, 2.05) is 31.2 Å². The van der Waals surface area contributed by atoms with Crippen LogP contribution in [-0.2, 0) is 0 Å². The van der Waals surface area contributed by atoms with Crippen molar-refractivity contribution in [3.63, 3.8) is 0 Å². The third-order valence-electron chi connectivity index (χ3n) is 4.69. The third-order valence-corrected chi connectivity index (χ3v) is 4.69. The number of anilines is 1. The number of carbonyl (C=O) groups is 1. The number of fused-ring (bicyclic) bond motifs is 1. The lowest BCUT2D eigenvalue weighted by molar-refractivity contribution is 0.0742. The fourth-order valence-corrected chi connectivity index (χ4v) is 3.30. The third kappa shape index (κ3) is 2.98. The van der Waals surface area contributed by atoms with Crippen LogP contribution in [-0.4, -0.2) is 47.0 Å². The number of halogens is 1. The number of para-hydroxylation sites is 2. The lowest BCUT2D eigenvalue weighted by Gasteiger charge is -2.36. The molecule has 6 heteroatoms. The molecule has 0 saturated carbocycles. The van der Waals surface area contributed by atoms with Crippen molar-refractivity contribution in [1.29, 1.82) is 0 Å². The first kappa shape index (κ1) is 16.4. The van der Waals surface area contributed by atoms with Crippen molar-refractivity contribution in [1.82, 2.24) is 14.9 Å². The maximum atomic E-state index is 13.9. The number of carbonyl (C=O) groups excluding carboxylic acids is 1. The van der Waals surface area contributed by atoms with E-state index in [1.165, 1.54) is 12.1 Å². The molecule has 26 heavy (non-hydrogen) atoms. The molecule has 0 unspecified atom stereocenters. The van der Waals surface area contributed by atoms with Crippen LogP contribution in [0.4, 0.5) is 10.2 Å². The van der Waals surface area contributed by atoms with Crippen molar-refractivity contribution < 1.29 is 9.18 Å². The largest absolute Gasteiger partial charge is 0.352 e. The van der Waals surface area contributed by atoms with Crippen LogP contribution < -0.4 is 4.90 Å². The van der Waals surface area contributed by atoms with Crippen LogP contribution in [0.5, 0.6) is 0 Å². The van der Waals surface area contributed by atoms with Gasteiger partial charge in [0.2, 0.25) is 0 Å². The molecule has 0 atom stereocenters. The summed E-state index contributed by atoms with van der Waals surface area (Å²) in [6.07, 6.45) is 0. The summed E-state index contributed by atoms with van der Waals surface area (Å²) in [6, 6.07) is 13.9. The molecular formula is C20H19FN4O. The summed E-state index contributed by atoms with van der Waals surface area (Å²) in [5.74, 6) is 0.113. The van der Waals surface area contributed by atoms with E-state index in [1.54, 1.807) is 17.0 Å². The maximum absolute atomic E-state index is 13.9. The highest BCUT2D eigenvalue weighted by Gasteiger charge is 2.25. The number of rotatable bonds is 2. The highest BCUT2D eigenvalue weighted by Crippen LogP contribution is 2.22. The summed E-state index contributed by atoms with van der Waals surface area (Å²) in [4.78, 5) is 25.7. The number of nitrogens with zero attached hydrogens (tertiary/aromatic N) is 4. The molecule has 1 amide bonds. The molecule has 1 saturated heterocycles. The summed E-state index contributed by atoms with van der Waals surface area (Å²) in [7, 11) is 0. The van der Waals surface area contributed by atoms with Crippen molar-refractivity contribution >= 4 is 22.8 Å². The fraction of sp³-hybridized carbons (Fsp3) is 0.250. The molecule has 0 aliphatic carbocycles. The minimum atomic E-state index is -0.476. The van der Waals surface area contributed by atoms with Gasteiger partial charge < -0.3 is 9.80 Å². The highest BCUT2D eigenvalue weighted by molar-refractivity contribution is 5.94. The van der Waals surface area contributed by atoms with E-state index in [0.717, 1.165) is 22.5 Å². The van der Waals surface area contributed by atoms with E-state index in [4.69, 9.17) is 4.98 Å². The zero-order valence-electron chi connectivity index (χ0n) is 14.5. The van der Waals surface area contributed by atoms with Gasteiger partial charge in [-0.3, -0.25) is 4.79 Å². The molecule has 1 aromatic heterocycles. The molecule has 5 nitrogen and oxygen atoms in total. The quantitative estimate of drug-likeness (QED) is 0.713. The van der Waals surface area contributed by atoms with E-state index in [0.29, 0.717) is 26.2 Å². The van der Waals surface area contributed by atoms with Gasteiger partial charge in [0.05, 0.1) is 22.3 Å². The monoisotopic (exact) mass is 350 g/mol. The van der Waals surface area contributed by atoms with Gasteiger partial charge in [-0.2, -0.15) is 0 Å². The molecular weight excluding hydrogens is 331 g/mol. The second-order valence-electron chi connectivity index (χ2n) is 6.38. The van der Waals surface area contributed by atoms with Gasteiger partial charge in [0.1, 0.15) is 5.82 Å². The topological polar surface area (TPSA) is 49.3 Å². The van der Waals surface area contributed by atoms with Crippen molar-refractivity contribution in [2.75, 3.05) is 31.1 Å². The van der Waals surface area contributed by atoms with Crippen LogP contribution in [0.1, 0.15) is 16.1 Å². The van der Waals surface area contributed by atoms with Gasteiger partial charge in [0, 0.05) is 26.2 Å². The molecule has 4 rings (SSSR count). The Morgan fingerprint density at radius 1 is 0.923 bits per heavy atom. The molecule has 1 aliphatic heterocycles. The maximum Gasteiger partial charge on any atom is 0.256 e. The molecule has 0 N–H and O–H groups in total. The van der Waals surface area contributed by atoms with Crippen molar-refractivity contribution in [2.45, 2.75) is 6.92 Å². The molecule has 3 aromatic rings. The zero-order valence-corrected chi connectivity index (χ0v) is 14.5. The summed E-state index contributed by atoms with van der Waals surface area (Å²) in [5, 5.41) is 0. The number of amides is 1. The van der Waals surface area contributed by atoms with Gasteiger partial charge in [0.15, 0.2) is 5.82 Å². The first-order valence-corrected chi connectivity index (χ1v) is 8.65. The van der Waals surface area contributed by atoms with E-state index in [9.17, 15) is 9.18 Å². The van der Waals surface area contributed by atoms with Crippen LogP contribution in [0.3, 0.4) is 0 Å². The number of hydrogen-bond donors (Lipinski definition) is 0. The molecule has 132 valence electrons. The molecule has 1 fully saturated rings. The van der Waals surface area contributed by atoms with Crippen LogP contribution in [0.15, 0.2) is 48.5 Å². The minimum Gasteiger partial charge on any atom is -0.352 e. The molecule has 2 heterocycles. The Labute approximate surface area is 151 Å². The van der Waals surface area contributed by atoms with Gasteiger partial charge in [-0.25, -0.2) is 14.4 Å². The molecule has 0 bridgehead atoms. The zero-order chi connectivity index (χ0) is 18.1. The summed E-state index contributed by atoms with van der Waals surface area (Å²) in [5.41, 5.74) is 2.74. The van der Waals surface area contributed by atoms with Crippen LogP contribution in [0.2, 0.25) is 0 Å². The normalized spacial score (nSPS) is 14.7. The standard InChI is InChI=1S/C20H19FN4O/c1-14-19(23-18-9-5-4-8-17(18)22-14)24-10-12-25(13-11-24)20(26)15-6-2-3-7-16(15)21/h2-9H,10-13H2,1H3. The van der Waals surface area contributed by atoms with E-state index in [2.05, 4.69) is 9.88 Å². The Hall–Kier alpha value is -3.02. The molecule has 0 radical (unpaired) electrons. The summed E-state index contributed by atoms with van der Waals surface area (Å²) >= 11 is 0. The predicted octanol–water partition coefficient (Wildman–Crippen LogP) is 3.04. The first-order valence-electron chi connectivity index (χ1n) is 8.65. The van der Waals surface area contributed by atoms with Gasteiger partial charge >= 0.3 is 0 Å². The van der Waals surface area contributed by atoms with Crippen LogP contribution in [0, 0.1) is 12.7 Å². The number of aromatic nitrogens is 2. The predicted molar refractivity (Wildman–Crippen MR) is 98.8 cm³/mol. The Bertz CT molecular complexity index is 967. The van der Waals surface area contributed by atoms with Crippen molar-refractivity contribution in [2.24, 2.45) is 0 Å². The molecule has 1 aliphatic rings. The highest BCUT2D eigenvalue weighted by atomic mass is 19.1. The Balaban J connectivity index is 1.51. The number of hydrogen-bond acceptors (Lipinski definition) is 4. The number of aryl methyl sites for hydroxylation is 1. The Kier molecular flexibility index (Phi) is 4.24. The number of piperazine rings is 1. The van der Waals surface area contributed by atoms with E-state index >= 15 is 0 Å². The minimum absolute atomic E-state index is 0.127. The Morgan fingerprint density at radius 3 is 2.23 bits per heavy atom. The fourth-order valence-electron chi connectivity index (χ4n) is 3.30. The van der Waals surface area contributed by atoms with Crippen molar-refractivity contribution in [3.8, 4) is 0 Å². The SMILES string of the molecule is Cc1nc2ccccc2nc1N1CCN(C(=O)c2ccccc2F)CC1. The molecule has 2 aromatic carbocycles. The lowest BCUT2D eigenvalue weighted by Crippen LogP contribution is -2.49. The van der Waals surface area contributed by atoms with Gasteiger partial charge in [-0.15, -0.1) is 0 Å². The summed E-state index contributed by atoms with van der Waals surface area (Å²) in [6.45, 7) is 4.30. The van der Waals surface area contributed by atoms with Gasteiger partial charge in [0.25, 0.3) is 5.91 Å². The van der Waals surface area contributed by atoms with Gasteiger partial charge in [-0.05, 0) is 31.2 Å². The smallest absolute Gasteiger partial charge is 0.256 e. The average molecular weight is 350 g/mol. The van der Waals surface area contributed by atoms with Crippen LogP contribution >= 0.6 is 0 Å². The summed E-state index contributed by atoms with van der Waals surface area (Å²) < 4.78 is 13.9. The second kappa shape index (κ2) is 6.71. The first-order chi connectivity index (χ1) is 12.6. The number of benzene rings is 2. The average Bonchev–Trinajstić information content (AvgIpc) is 2.67.